The van der Waals surface area contributed by atoms with Gasteiger partial charge in [0.2, 0.25) is 11.9 Å². The molecule has 1 aromatic rings. The first-order valence-electron chi connectivity index (χ1n) is 7.85. The Labute approximate surface area is 139 Å². The Morgan fingerprint density at radius 2 is 2.04 bits per heavy atom. The van der Waals surface area contributed by atoms with Crippen molar-refractivity contribution < 1.29 is 18.0 Å². The first-order chi connectivity index (χ1) is 11.3. The Bertz CT molecular complexity index is 556. The van der Waals surface area contributed by atoms with Crippen molar-refractivity contribution in [3.8, 4) is 0 Å². The summed E-state index contributed by atoms with van der Waals surface area (Å²) in [5.74, 6) is -0.0491. The number of hydrogen-bond donors (Lipinski definition) is 1. The molecule has 0 aliphatic carbocycles. The number of alkyl halides is 3. The van der Waals surface area contributed by atoms with Crippen LogP contribution in [0, 0.1) is 5.92 Å². The van der Waals surface area contributed by atoms with E-state index >= 15 is 0 Å². The number of nitrogens with zero attached hydrogens (tertiary/aromatic N) is 4. The highest BCUT2D eigenvalue weighted by atomic mass is 19.4. The minimum Gasteiger partial charge on any atom is -0.355 e. The lowest BCUT2D eigenvalue weighted by Gasteiger charge is -2.31. The van der Waals surface area contributed by atoms with Gasteiger partial charge in [-0.25, -0.2) is 9.97 Å². The maximum Gasteiger partial charge on any atom is 0.433 e. The fourth-order valence-electron chi connectivity index (χ4n) is 2.55. The van der Waals surface area contributed by atoms with Crippen LogP contribution in [0.1, 0.15) is 18.5 Å². The van der Waals surface area contributed by atoms with Crippen LogP contribution in [0.5, 0.6) is 0 Å². The van der Waals surface area contributed by atoms with E-state index in [4.69, 9.17) is 0 Å². The van der Waals surface area contributed by atoms with E-state index in [1.165, 1.54) is 0 Å². The normalized spacial score (nSPS) is 16.5. The largest absolute Gasteiger partial charge is 0.433 e. The van der Waals surface area contributed by atoms with Crippen LogP contribution in [-0.4, -0.2) is 61.0 Å². The van der Waals surface area contributed by atoms with Crippen LogP contribution in [0.2, 0.25) is 0 Å². The lowest BCUT2D eigenvalue weighted by atomic mass is 9.96. The summed E-state index contributed by atoms with van der Waals surface area (Å²) in [6.07, 6.45) is -2.21. The number of carbonyl (C=O) groups excluding carboxylic acids is 1. The number of anilines is 1. The van der Waals surface area contributed by atoms with Gasteiger partial charge >= 0.3 is 6.18 Å². The lowest BCUT2D eigenvalue weighted by Crippen LogP contribution is -2.42. The van der Waals surface area contributed by atoms with Gasteiger partial charge in [0.15, 0.2) is 0 Å². The molecular formula is C15H22F3N5O. The summed E-state index contributed by atoms with van der Waals surface area (Å²) in [5, 5.41) is 2.89. The van der Waals surface area contributed by atoms with Gasteiger partial charge in [0, 0.05) is 38.3 Å². The van der Waals surface area contributed by atoms with E-state index in [1.807, 2.05) is 19.0 Å². The zero-order valence-electron chi connectivity index (χ0n) is 13.8. The Balaban J connectivity index is 1.87. The fraction of sp³-hybridized carbons (Fsp3) is 0.667. The maximum absolute atomic E-state index is 12.7. The van der Waals surface area contributed by atoms with Crippen molar-refractivity contribution in [3.05, 3.63) is 18.0 Å². The monoisotopic (exact) mass is 345 g/mol. The first kappa shape index (κ1) is 18.4. The molecule has 1 aliphatic rings. The number of piperidine rings is 1. The highest BCUT2D eigenvalue weighted by molar-refractivity contribution is 5.78. The van der Waals surface area contributed by atoms with Crippen LogP contribution in [0.4, 0.5) is 19.1 Å². The zero-order valence-corrected chi connectivity index (χ0v) is 13.8. The van der Waals surface area contributed by atoms with Gasteiger partial charge < -0.3 is 15.1 Å². The summed E-state index contributed by atoms with van der Waals surface area (Å²) in [6.45, 7) is 2.28. The van der Waals surface area contributed by atoms with Gasteiger partial charge in [-0.15, -0.1) is 0 Å². The second kappa shape index (κ2) is 7.78. The summed E-state index contributed by atoms with van der Waals surface area (Å²) in [6, 6.07) is 0.856. The Morgan fingerprint density at radius 3 is 2.62 bits per heavy atom. The lowest BCUT2D eigenvalue weighted by molar-refractivity contribution is -0.141. The first-order valence-corrected chi connectivity index (χ1v) is 7.85. The van der Waals surface area contributed by atoms with Gasteiger partial charge in [0.05, 0.1) is 0 Å². The summed E-state index contributed by atoms with van der Waals surface area (Å²) < 4.78 is 38.1. The molecule has 6 nitrogen and oxygen atoms in total. The Hall–Kier alpha value is -1.90. The van der Waals surface area contributed by atoms with E-state index in [2.05, 4.69) is 15.3 Å². The maximum atomic E-state index is 12.7. The number of halogens is 3. The van der Waals surface area contributed by atoms with Crippen LogP contribution < -0.4 is 10.2 Å². The molecule has 0 bridgehead atoms. The molecule has 1 amide bonds. The molecule has 9 heteroatoms. The molecule has 0 unspecified atom stereocenters. The molecule has 1 aromatic heterocycles. The third-order valence-corrected chi connectivity index (χ3v) is 3.94. The molecule has 2 rings (SSSR count). The third-order valence-electron chi connectivity index (χ3n) is 3.94. The average Bonchev–Trinajstić information content (AvgIpc) is 2.54. The molecule has 1 aliphatic heterocycles. The molecule has 0 atom stereocenters. The summed E-state index contributed by atoms with van der Waals surface area (Å²) in [7, 11) is 3.86. The number of aromatic nitrogens is 2. The predicted octanol–water partition coefficient (Wildman–Crippen LogP) is 1.39. The van der Waals surface area contributed by atoms with Crippen LogP contribution in [0.15, 0.2) is 12.3 Å². The molecule has 0 saturated carbocycles. The van der Waals surface area contributed by atoms with Crippen molar-refractivity contribution in [2.75, 3.05) is 45.2 Å². The van der Waals surface area contributed by atoms with E-state index in [1.54, 1.807) is 4.90 Å². The van der Waals surface area contributed by atoms with Crippen molar-refractivity contribution in [2.45, 2.75) is 19.0 Å². The van der Waals surface area contributed by atoms with Crippen LogP contribution in [0.3, 0.4) is 0 Å². The van der Waals surface area contributed by atoms with E-state index in [9.17, 15) is 18.0 Å². The fourth-order valence-corrected chi connectivity index (χ4v) is 2.55. The third kappa shape index (κ3) is 5.05. The highest BCUT2D eigenvalue weighted by Gasteiger charge is 2.34. The van der Waals surface area contributed by atoms with Crippen LogP contribution in [-0.2, 0) is 11.0 Å². The summed E-state index contributed by atoms with van der Waals surface area (Å²) in [5.41, 5.74) is -0.948. The standard InChI is InChI=1S/C15H22F3N5O/c1-22(2)10-7-19-13(24)11-4-8-23(9-5-11)14-20-6-3-12(21-14)15(16,17)18/h3,6,11H,4-5,7-10H2,1-2H3,(H,19,24). The Morgan fingerprint density at radius 1 is 1.38 bits per heavy atom. The van der Waals surface area contributed by atoms with Gasteiger partial charge in [0.25, 0.3) is 0 Å². The van der Waals surface area contributed by atoms with Crippen molar-refractivity contribution in [3.63, 3.8) is 0 Å². The van der Waals surface area contributed by atoms with Crippen LogP contribution >= 0.6 is 0 Å². The van der Waals surface area contributed by atoms with E-state index in [0.717, 1.165) is 18.8 Å². The van der Waals surface area contributed by atoms with Crippen molar-refractivity contribution in [1.29, 1.82) is 0 Å². The molecular weight excluding hydrogens is 323 g/mol. The van der Waals surface area contributed by atoms with Crippen molar-refractivity contribution in [1.82, 2.24) is 20.2 Å². The van der Waals surface area contributed by atoms with Gasteiger partial charge in [-0.05, 0) is 33.0 Å². The number of rotatable bonds is 5. The molecule has 0 spiro atoms. The summed E-state index contributed by atoms with van der Waals surface area (Å²) in [4.78, 5) is 23.3. The van der Waals surface area contributed by atoms with Crippen molar-refractivity contribution >= 4 is 11.9 Å². The molecule has 134 valence electrons. The Kier molecular flexibility index (Phi) is 5.98. The van der Waals surface area contributed by atoms with Crippen LogP contribution in [0.25, 0.3) is 0 Å². The number of carbonyl (C=O) groups is 1. The minimum absolute atomic E-state index is 0.00135. The number of nitrogens with one attached hydrogen (secondary N) is 1. The summed E-state index contributed by atoms with van der Waals surface area (Å²) >= 11 is 0. The topological polar surface area (TPSA) is 61.4 Å². The smallest absolute Gasteiger partial charge is 0.355 e. The molecule has 0 aromatic carbocycles. The quantitative estimate of drug-likeness (QED) is 0.874. The molecule has 1 N–H and O–H groups in total. The number of likely N-dealkylation sites (N-methyl/N-ethyl adjacent to an activating group) is 1. The zero-order chi connectivity index (χ0) is 17.7. The van der Waals surface area contributed by atoms with Gasteiger partial charge in [-0.3, -0.25) is 4.79 Å². The second-order valence-electron chi connectivity index (χ2n) is 6.10. The van der Waals surface area contributed by atoms with Gasteiger partial charge in [-0.2, -0.15) is 13.2 Å². The number of hydrogen-bond acceptors (Lipinski definition) is 5. The van der Waals surface area contributed by atoms with E-state index in [-0.39, 0.29) is 17.8 Å². The van der Waals surface area contributed by atoms with Gasteiger partial charge in [0.1, 0.15) is 5.69 Å². The van der Waals surface area contributed by atoms with E-state index in [0.29, 0.717) is 32.5 Å². The molecule has 1 fully saturated rings. The van der Waals surface area contributed by atoms with E-state index < -0.39 is 11.9 Å². The predicted molar refractivity (Wildman–Crippen MR) is 83.5 cm³/mol. The SMILES string of the molecule is CN(C)CCNC(=O)C1CCN(c2nccc(C(F)(F)F)n2)CC1. The highest BCUT2D eigenvalue weighted by Crippen LogP contribution is 2.29. The molecule has 2 heterocycles. The van der Waals surface area contributed by atoms with Crippen molar-refractivity contribution in [2.24, 2.45) is 5.92 Å². The number of amides is 1. The van der Waals surface area contributed by atoms with Gasteiger partial charge in [-0.1, -0.05) is 0 Å². The molecule has 0 radical (unpaired) electrons. The molecule has 1 saturated heterocycles. The second-order valence-corrected chi connectivity index (χ2v) is 6.10. The molecule has 24 heavy (non-hydrogen) atoms. The minimum atomic E-state index is -4.48. The average molecular weight is 345 g/mol.